The first-order chi connectivity index (χ1) is 3.39. The molecule has 1 aliphatic heterocycles. The van der Waals surface area contributed by atoms with Crippen molar-refractivity contribution in [1.82, 2.24) is 0 Å². The molecule has 0 radical (unpaired) electrons. The van der Waals surface area contributed by atoms with Crippen molar-refractivity contribution in [3.05, 3.63) is 22.0 Å². The molecule has 0 aromatic carbocycles. The molecule has 0 atom stereocenters. The normalized spacial score (nSPS) is 18.1. The Labute approximate surface area is 53.7 Å². The van der Waals surface area contributed by atoms with Crippen LogP contribution in [0, 0.1) is 0 Å². The first-order valence-electron chi connectivity index (χ1n) is 2.05. The van der Waals surface area contributed by atoms with Crippen LogP contribution in [0.3, 0.4) is 0 Å². The van der Waals surface area contributed by atoms with Gasteiger partial charge < -0.3 is 0 Å². The Balaban J connectivity index is 2.58. The number of allylic oxidation sites excluding steroid dienone is 2. The topological polar surface area (TPSA) is 9.23 Å². The van der Waals surface area contributed by atoms with E-state index in [1.807, 2.05) is 6.08 Å². The molecule has 0 N–H and O–H groups in total. The van der Waals surface area contributed by atoms with Crippen molar-refractivity contribution in [2.75, 3.05) is 0 Å². The predicted octanol–water partition coefficient (Wildman–Crippen LogP) is 1.05. The SMILES string of the molecule is CC1=C[Te]OC=C1. The summed E-state index contributed by atoms with van der Waals surface area (Å²) in [5.74, 6) is 0. The molecule has 0 amide bonds. The Kier molecular flexibility index (Phi) is 1.78. The van der Waals surface area contributed by atoms with Crippen molar-refractivity contribution in [3.63, 3.8) is 0 Å². The summed E-state index contributed by atoms with van der Waals surface area (Å²) in [5, 5.41) is 0. The summed E-state index contributed by atoms with van der Waals surface area (Å²) in [4.78, 5) is 0. The molecule has 0 bridgehead atoms. The summed E-state index contributed by atoms with van der Waals surface area (Å²) in [6.45, 7) is 2.09. The van der Waals surface area contributed by atoms with Crippen LogP contribution in [0.15, 0.2) is 22.0 Å². The van der Waals surface area contributed by atoms with Gasteiger partial charge in [-0.2, -0.15) is 0 Å². The van der Waals surface area contributed by atoms with Gasteiger partial charge in [0.05, 0.1) is 0 Å². The molecule has 1 rings (SSSR count). The Morgan fingerprint density at radius 1 is 1.71 bits per heavy atom. The van der Waals surface area contributed by atoms with Gasteiger partial charge in [0.25, 0.3) is 0 Å². The van der Waals surface area contributed by atoms with E-state index in [1.54, 1.807) is 6.26 Å². The van der Waals surface area contributed by atoms with E-state index in [9.17, 15) is 0 Å². The number of hydrogen-bond acceptors (Lipinski definition) is 1. The Bertz CT molecular complexity index is 115. The van der Waals surface area contributed by atoms with Crippen molar-refractivity contribution in [1.29, 1.82) is 0 Å². The van der Waals surface area contributed by atoms with Gasteiger partial charge >= 0.3 is 53.4 Å². The first-order valence-corrected chi connectivity index (χ1v) is 4.35. The van der Waals surface area contributed by atoms with Gasteiger partial charge in [-0.05, 0) is 0 Å². The van der Waals surface area contributed by atoms with Gasteiger partial charge in [0, 0.05) is 0 Å². The fourth-order valence-corrected chi connectivity index (χ4v) is 1.47. The third kappa shape index (κ3) is 1.54. The standard InChI is InChI=1S/C5H6OTe/c1-5-2-3-6-7-4-5/h2-4H,1H3. The van der Waals surface area contributed by atoms with E-state index < -0.39 is 0 Å². The van der Waals surface area contributed by atoms with Gasteiger partial charge in [0.2, 0.25) is 0 Å². The van der Waals surface area contributed by atoms with Crippen molar-refractivity contribution in [2.45, 2.75) is 6.92 Å². The second kappa shape index (κ2) is 2.40. The molecule has 0 aromatic rings. The van der Waals surface area contributed by atoms with Gasteiger partial charge in [0.1, 0.15) is 0 Å². The summed E-state index contributed by atoms with van der Waals surface area (Å²) < 4.78 is 7.18. The Hall–Kier alpha value is 0.0696. The molecule has 38 valence electrons. The third-order valence-electron chi connectivity index (χ3n) is 0.676. The van der Waals surface area contributed by atoms with Crippen LogP contribution in [0.1, 0.15) is 6.92 Å². The summed E-state index contributed by atoms with van der Waals surface area (Å²) in [7, 11) is 0. The van der Waals surface area contributed by atoms with E-state index in [-0.39, 0.29) is 21.3 Å². The second-order valence-corrected chi connectivity index (χ2v) is 3.13. The van der Waals surface area contributed by atoms with E-state index in [2.05, 4.69) is 11.0 Å². The quantitative estimate of drug-likeness (QED) is 0.542. The van der Waals surface area contributed by atoms with Gasteiger partial charge in [-0.1, -0.05) is 0 Å². The van der Waals surface area contributed by atoms with Crippen LogP contribution in [0.5, 0.6) is 0 Å². The van der Waals surface area contributed by atoms with Crippen LogP contribution in [0.4, 0.5) is 0 Å². The monoisotopic (exact) mass is 212 g/mol. The fraction of sp³-hybridized carbons (Fsp3) is 0.200. The summed E-state index contributed by atoms with van der Waals surface area (Å²) >= 11 is -0.222. The summed E-state index contributed by atoms with van der Waals surface area (Å²) in [5.41, 5.74) is 1.34. The fourth-order valence-electron chi connectivity index (χ4n) is 0.310. The molecule has 0 saturated heterocycles. The van der Waals surface area contributed by atoms with Gasteiger partial charge in [-0.15, -0.1) is 0 Å². The predicted molar refractivity (Wildman–Crippen MR) is 29.7 cm³/mol. The van der Waals surface area contributed by atoms with Crippen LogP contribution < -0.4 is 0 Å². The summed E-state index contributed by atoms with van der Waals surface area (Å²) in [6.07, 6.45) is 3.76. The van der Waals surface area contributed by atoms with Gasteiger partial charge in [-0.3, -0.25) is 0 Å². The van der Waals surface area contributed by atoms with Crippen molar-refractivity contribution in [2.24, 2.45) is 0 Å². The molecule has 0 unspecified atom stereocenters. The zero-order valence-electron chi connectivity index (χ0n) is 4.05. The molecule has 1 nitrogen and oxygen atoms in total. The van der Waals surface area contributed by atoms with E-state index >= 15 is 0 Å². The average Bonchev–Trinajstić information content (AvgIpc) is 1.69. The number of hydrogen-bond donors (Lipinski definition) is 0. The van der Waals surface area contributed by atoms with Crippen molar-refractivity contribution >= 4 is 21.3 Å². The van der Waals surface area contributed by atoms with E-state index in [1.165, 1.54) is 5.57 Å². The summed E-state index contributed by atoms with van der Waals surface area (Å²) in [6, 6.07) is 0. The zero-order chi connectivity index (χ0) is 5.11. The van der Waals surface area contributed by atoms with Crippen LogP contribution in [0.2, 0.25) is 0 Å². The maximum atomic E-state index is 5.01. The Morgan fingerprint density at radius 3 is 2.86 bits per heavy atom. The average molecular weight is 210 g/mol. The zero-order valence-corrected chi connectivity index (χ0v) is 6.38. The Morgan fingerprint density at radius 2 is 2.57 bits per heavy atom. The molecule has 2 heteroatoms. The minimum absolute atomic E-state index is 0.222. The molecular formula is C5H6OTe. The molecule has 0 fully saturated rings. The van der Waals surface area contributed by atoms with E-state index in [0.717, 1.165) is 0 Å². The maximum absolute atomic E-state index is 5.01. The van der Waals surface area contributed by atoms with Crippen LogP contribution >= 0.6 is 0 Å². The molecule has 1 aliphatic rings. The van der Waals surface area contributed by atoms with Crippen LogP contribution in [0.25, 0.3) is 0 Å². The van der Waals surface area contributed by atoms with Crippen molar-refractivity contribution in [3.8, 4) is 0 Å². The molecule has 1 heterocycles. The molecule has 0 aliphatic carbocycles. The third-order valence-corrected chi connectivity index (χ3v) is 2.65. The molecular weight excluding hydrogens is 204 g/mol. The van der Waals surface area contributed by atoms with E-state index in [0.29, 0.717) is 0 Å². The first kappa shape index (κ1) is 5.21. The van der Waals surface area contributed by atoms with E-state index in [4.69, 9.17) is 3.10 Å². The van der Waals surface area contributed by atoms with Crippen LogP contribution in [-0.2, 0) is 3.10 Å². The van der Waals surface area contributed by atoms with Crippen molar-refractivity contribution < 1.29 is 3.10 Å². The van der Waals surface area contributed by atoms with Crippen LogP contribution in [-0.4, -0.2) is 21.3 Å². The van der Waals surface area contributed by atoms with Gasteiger partial charge in [0.15, 0.2) is 0 Å². The molecule has 0 spiro atoms. The molecule has 7 heavy (non-hydrogen) atoms. The number of rotatable bonds is 0. The molecule has 0 aromatic heterocycles. The van der Waals surface area contributed by atoms with Gasteiger partial charge in [-0.25, -0.2) is 0 Å². The minimum atomic E-state index is -0.222. The second-order valence-electron chi connectivity index (χ2n) is 1.36. The molecule has 0 saturated carbocycles.